The van der Waals surface area contributed by atoms with Crippen LogP contribution >= 0.6 is 24.0 Å². The highest BCUT2D eigenvalue weighted by Gasteiger charge is 2.32. The first kappa shape index (κ1) is 21.5. The van der Waals surface area contributed by atoms with E-state index in [0.29, 0.717) is 37.5 Å². The first-order valence-electron chi connectivity index (χ1n) is 8.34. The first-order valence-corrected chi connectivity index (χ1v) is 8.34. The van der Waals surface area contributed by atoms with Crippen LogP contribution in [0, 0.1) is 19.8 Å². The lowest BCUT2D eigenvalue weighted by Gasteiger charge is -2.20. The van der Waals surface area contributed by atoms with Crippen LogP contribution in [-0.2, 0) is 11.3 Å². The van der Waals surface area contributed by atoms with Crippen LogP contribution in [0.25, 0.3) is 0 Å². The Hall–Kier alpha value is -1.52. The van der Waals surface area contributed by atoms with Crippen molar-refractivity contribution in [2.45, 2.75) is 46.2 Å². The number of carbonyl (C=O) groups is 1. The van der Waals surface area contributed by atoms with Gasteiger partial charge in [0.1, 0.15) is 5.76 Å². The smallest absolute Gasteiger partial charge is 0.407 e. The molecule has 1 aromatic heterocycles. The molecule has 1 aromatic rings. The Kier molecular flexibility index (Phi) is 9.01. The summed E-state index contributed by atoms with van der Waals surface area (Å²) < 4.78 is 10.5. The van der Waals surface area contributed by atoms with Crippen LogP contribution in [0.15, 0.2) is 9.41 Å². The number of aryl methyl sites for hydroxylation is 2. The van der Waals surface area contributed by atoms with E-state index in [1.807, 2.05) is 13.8 Å². The SMILES string of the molecule is CCOC(=O)NC(CNC(=NC)NCc1nc(C)c(C)o1)C1CC1.I. The molecule has 1 saturated carbocycles. The average molecular weight is 465 g/mol. The van der Waals surface area contributed by atoms with E-state index >= 15 is 0 Å². The van der Waals surface area contributed by atoms with E-state index in [1.165, 1.54) is 0 Å². The summed E-state index contributed by atoms with van der Waals surface area (Å²) in [6, 6.07) is 0.0360. The molecule has 9 heteroatoms. The molecule has 1 amide bonds. The number of oxazole rings is 1. The Morgan fingerprint density at radius 2 is 2.12 bits per heavy atom. The van der Waals surface area contributed by atoms with Gasteiger partial charge in [0.15, 0.2) is 5.96 Å². The quantitative estimate of drug-likeness (QED) is 0.324. The third-order valence-corrected chi connectivity index (χ3v) is 3.96. The summed E-state index contributed by atoms with van der Waals surface area (Å²) in [6.45, 7) is 7.01. The number of aliphatic imine (C=N–C) groups is 1. The fraction of sp³-hybridized carbons (Fsp3) is 0.688. The Morgan fingerprint density at radius 3 is 2.64 bits per heavy atom. The minimum Gasteiger partial charge on any atom is -0.450 e. The Morgan fingerprint density at radius 1 is 1.40 bits per heavy atom. The standard InChI is InChI=1S/C16H27N5O3.HI/c1-5-23-16(22)21-13(12-6-7-12)8-18-15(17-4)19-9-14-20-10(2)11(3)24-14;/h12-13H,5-9H2,1-4H3,(H,21,22)(H2,17,18,19);1H. The zero-order valence-corrected chi connectivity index (χ0v) is 17.5. The summed E-state index contributed by atoms with van der Waals surface area (Å²) in [5.74, 6) is 2.58. The van der Waals surface area contributed by atoms with E-state index in [0.717, 1.165) is 24.3 Å². The van der Waals surface area contributed by atoms with Gasteiger partial charge in [-0.05, 0) is 39.5 Å². The van der Waals surface area contributed by atoms with Gasteiger partial charge < -0.3 is 25.1 Å². The predicted molar refractivity (Wildman–Crippen MR) is 106 cm³/mol. The van der Waals surface area contributed by atoms with Crippen molar-refractivity contribution in [1.29, 1.82) is 0 Å². The maximum Gasteiger partial charge on any atom is 0.407 e. The second-order valence-electron chi connectivity index (χ2n) is 5.86. The van der Waals surface area contributed by atoms with Crippen LogP contribution in [0.4, 0.5) is 4.79 Å². The molecule has 25 heavy (non-hydrogen) atoms. The van der Waals surface area contributed by atoms with Gasteiger partial charge in [-0.3, -0.25) is 4.99 Å². The highest BCUT2D eigenvalue weighted by atomic mass is 127. The van der Waals surface area contributed by atoms with E-state index in [9.17, 15) is 4.79 Å². The molecular formula is C16H28IN5O3. The molecule has 0 aromatic carbocycles. The van der Waals surface area contributed by atoms with Crippen molar-refractivity contribution in [3.8, 4) is 0 Å². The van der Waals surface area contributed by atoms with E-state index in [2.05, 4.69) is 25.9 Å². The van der Waals surface area contributed by atoms with E-state index < -0.39 is 0 Å². The molecule has 142 valence electrons. The molecule has 1 aliphatic carbocycles. The van der Waals surface area contributed by atoms with Crippen molar-refractivity contribution in [2.75, 3.05) is 20.2 Å². The molecule has 1 fully saturated rings. The topological polar surface area (TPSA) is 101 Å². The monoisotopic (exact) mass is 465 g/mol. The van der Waals surface area contributed by atoms with Gasteiger partial charge in [0.05, 0.1) is 24.9 Å². The van der Waals surface area contributed by atoms with Crippen LogP contribution in [0.1, 0.15) is 37.1 Å². The number of nitrogens with one attached hydrogen (secondary N) is 3. The second kappa shape index (κ2) is 10.5. The van der Waals surface area contributed by atoms with Crippen LogP contribution in [0.3, 0.4) is 0 Å². The maximum atomic E-state index is 11.6. The third kappa shape index (κ3) is 7.09. The number of alkyl carbamates (subject to hydrolysis) is 1. The molecule has 8 nitrogen and oxygen atoms in total. The van der Waals surface area contributed by atoms with Crippen molar-refractivity contribution in [2.24, 2.45) is 10.9 Å². The number of aromatic nitrogens is 1. The third-order valence-electron chi connectivity index (χ3n) is 3.96. The van der Waals surface area contributed by atoms with Crippen LogP contribution in [-0.4, -0.2) is 43.3 Å². The zero-order valence-electron chi connectivity index (χ0n) is 15.2. The molecule has 1 heterocycles. The average Bonchev–Trinajstić information content (AvgIpc) is 3.33. The van der Waals surface area contributed by atoms with Crippen LogP contribution in [0.2, 0.25) is 0 Å². The molecule has 0 spiro atoms. The summed E-state index contributed by atoms with van der Waals surface area (Å²) in [5, 5.41) is 9.29. The Labute approximate surface area is 165 Å². The highest BCUT2D eigenvalue weighted by Crippen LogP contribution is 2.32. The van der Waals surface area contributed by atoms with E-state index in [4.69, 9.17) is 9.15 Å². The Balaban J connectivity index is 0.00000312. The number of halogens is 1. The van der Waals surface area contributed by atoms with Gasteiger partial charge >= 0.3 is 6.09 Å². The fourth-order valence-corrected chi connectivity index (χ4v) is 2.36. The number of amides is 1. The Bertz CT molecular complexity index is 567. The molecule has 0 radical (unpaired) electrons. The molecular weight excluding hydrogens is 437 g/mol. The van der Waals surface area contributed by atoms with Crippen LogP contribution in [0.5, 0.6) is 0 Å². The van der Waals surface area contributed by atoms with Gasteiger partial charge in [0.25, 0.3) is 0 Å². The lowest BCUT2D eigenvalue weighted by Crippen LogP contribution is -2.48. The number of guanidine groups is 1. The summed E-state index contributed by atoms with van der Waals surface area (Å²) >= 11 is 0. The molecule has 1 aliphatic rings. The number of rotatable bonds is 7. The summed E-state index contributed by atoms with van der Waals surface area (Å²) in [5.41, 5.74) is 0.891. The lowest BCUT2D eigenvalue weighted by atomic mass is 10.2. The lowest BCUT2D eigenvalue weighted by molar-refractivity contribution is 0.146. The van der Waals surface area contributed by atoms with E-state index in [-0.39, 0.29) is 36.1 Å². The fourth-order valence-electron chi connectivity index (χ4n) is 2.36. The number of hydrogen-bond donors (Lipinski definition) is 3. The number of ether oxygens (including phenoxy) is 1. The summed E-state index contributed by atoms with van der Waals surface area (Å²) in [4.78, 5) is 20.1. The summed E-state index contributed by atoms with van der Waals surface area (Å²) in [7, 11) is 1.70. The second-order valence-corrected chi connectivity index (χ2v) is 5.86. The number of nitrogens with zero attached hydrogens (tertiary/aromatic N) is 2. The maximum absolute atomic E-state index is 11.6. The van der Waals surface area contributed by atoms with Crippen molar-refractivity contribution in [1.82, 2.24) is 20.9 Å². The van der Waals surface area contributed by atoms with Crippen molar-refractivity contribution >= 4 is 36.0 Å². The molecule has 0 saturated heterocycles. The van der Waals surface area contributed by atoms with Crippen molar-refractivity contribution in [3.05, 3.63) is 17.3 Å². The highest BCUT2D eigenvalue weighted by molar-refractivity contribution is 14.0. The van der Waals surface area contributed by atoms with Gasteiger partial charge in [-0.2, -0.15) is 0 Å². The molecule has 2 rings (SSSR count). The number of carbonyl (C=O) groups excluding carboxylic acids is 1. The molecule has 0 aliphatic heterocycles. The van der Waals surface area contributed by atoms with Gasteiger partial charge in [-0.25, -0.2) is 9.78 Å². The molecule has 1 atom stereocenters. The zero-order chi connectivity index (χ0) is 17.5. The van der Waals surface area contributed by atoms with Gasteiger partial charge in [-0.1, -0.05) is 0 Å². The van der Waals surface area contributed by atoms with Gasteiger partial charge in [0.2, 0.25) is 5.89 Å². The van der Waals surface area contributed by atoms with Gasteiger partial charge in [0, 0.05) is 13.6 Å². The number of hydrogen-bond acceptors (Lipinski definition) is 5. The van der Waals surface area contributed by atoms with Crippen LogP contribution < -0.4 is 16.0 Å². The molecule has 0 bridgehead atoms. The minimum atomic E-state index is -0.370. The minimum absolute atomic E-state index is 0. The summed E-state index contributed by atoms with van der Waals surface area (Å²) in [6.07, 6.45) is 1.88. The van der Waals surface area contributed by atoms with Gasteiger partial charge in [-0.15, -0.1) is 24.0 Å². The van der Waals surface area contributed by atoms with Crippen molar-refractivity contribution in [3.63, 3.8) is 0 Å². The van der Waals surface area contributed by atoms with Crippen molar-refractivity contribution < 1.29 is 13.9 Å². The molecule has 1 unspecified atom stereocenters. The molecule has 3 N–H and O–H groups in total. The van der Waals surface area contributed by atoms with E-state index in [1.54, 1.807) is 14.0 Å². The first-order chi connectivity index (χ1) is 11.5. The normalized spacial score (nSPS) is 15.1. The predicted octanol–water partition coefficient (Wildman–Crippen LogP) is 2.10. The largest absolute Gasteiger partial charge is 0.450 e.